The van der Waals surface area contributed by atoms with Crippen LogP contribution in [-0.2, 0) is 49.6 Å². The van der Waals surface area contributed by atoms with Gasteiger partial charge in [-0.2, -0.15) is 25.3 Å². The second kappa shape index (κ2) is 38.5. The van der Waals surface area contributed by atoms with Gasteiger partial charge in [-0.15, -0.1) is 0 Å². The maximum absolute atomic E-state index is 14.5. The molecule has 1 aromatic rings. The third kappa shape index (κ3) is 27.0. The summed E-state index contributed by atoms with van der Waals surface area (Å²) in [6.45, 7) is 6.05. The summed E-state index contributed by atoms with van der Waals surface area (Å²) in [6, 6.07) is -2.67. The Labute approximate surface area is 452 Å². The summed E-state index contributed by atoms with van der Waals surface area (Å²) in [5.74, 6) is -7.92. The number of unbranched alkanes of at least 4 members (excludes halogenated alkanes) is 4. The van der Waals surface area contributed by atoms with Crippen molar-refractivity contribution in [2.24, 2.45) is 34.6 Å². The number of benzene rings is 1. The number of hydrogen-bond donors (Lipinski definition) is 17. The number of nitrogens with one attached hydrogen (secondary N) is 8. The van der Waals surface area contributed by atoms with Crippen LogP contribution >= 0.6 is 25.3 Å². The Morgan fingerprint density at radius 2 is 0.800 bits per heavy atom. The number of carbonyl (C=O) groups is 9. The normalized spacial score (nSPS) is 15.3. The molecule has 26 heteroatoms. The number of carboxylic acid groups (broad SMARTS) is 1. The molecular weight excluding hydrogens is 1010 g/mol. The third-order valence-electron chi connectivity index (χ3n) is 12.0. The molecule has 8 amide bonds. The molecule has 0 spiro atoms. The molecule has 10 unspecified atom stereocenters. The van der Waals surface area contributed by atoms with Crippen LogP contribution in [0, 0.1) is 5.92 Å². The fourth-order valence-corrected chi connectivity index (χ4v) is 8.06. The fourth-order valence-electron chi connectivity index (χ4n) is 7.64. The first kappa shape index (κ1) is 67.9. The summed E-state index contributed by atoms with van der Waals surface area (Å²) in [6.07, 6.45) is 2.65. The van der Waals surface area contributed by atoms with Crippen LogP contribution in [0.5, 0.6) is 0 Å². The van der Waals surface area contributed by atoms with E-state index in [0.29, 0.717) is 70.0 Å². The van der Waals surface area contributed by atoms with Crippen molar-refractivity contribution in [2.45, 2.75) is 171 Å². The van der Waals surface area contributed by atoms with Gasteiger partial charge in [0.15, 0.2) is 6.04 Å². The van der Waals surface area contributed by atoms with Crippen LogP contribution in [0.3, 0.4) is 0 Å². The van der Waals surface area contributed by atoms with E-state index in [1.807, 2.05) is 13.8 Å². The minimum absolute atomic E-state index is 0.0250. The molecule has 1 rings (SSSR count). The summed E-state index contributed by atoms with van der Waals surface area (Å²) in [7, 11) is 0. The molecule has 1 aromatic carbocycles. The van der Waals surface area contributed by atoms with Crippen molar-refractivity contribution in [3.05, 3.63) is 35.9 Å². The van der Waals surface area contributed by atoms with E-state index in [0.717, 1.165) is 0 Å². The molecule has 0 heterocycles. The van der Waals surface area contributed by atoms with Crippen molar-refractivity contribution in [2.75, 3.05) is 37.7 Å². The first-order valence-corrected chi connectivity index (χ1v) is 27.1. The third-order valence-corrected chi connectivity index (χ3v) is 12.7. The molecule has 0 saturated carbocycles. The highest BCUT2D eigenvalue weighted by molar-refractivity contribution is 7.80. The van der Waals surface area contributed by atoms with Gasteiger partial charge in [-0.3, -0.25) is 38.4 Å². The van der Waals surface area contributed by atoms with Crippen molar-refractivity contribution in [1.29, 1.82) is 0 Å². The average molecular weight is 1100 g/mol. The van der Waals surface area contributed by atoms with Gasteiger partial charge in [0, 0.05) is 17.9 Å². The lowest BCUT2D eigenvalue weighted by Gasteiger charge is -2.28. The quantitative estimate of drug-likeness (QED) is 0.0235. The topological polar surface area (TPSA) is 420 Å². The molecule has 10 atom stereocenters. The SMILES string of the molecule is CC(C)CC(NC(=O)C(CCCCN)NC(=O)C(CCCCN)NC(=O)C(N)CS)C(=O)NC(Cc1ccccc1)C(=O)NC(CCCCN)C(=O)NC(CS)C(=O)NC(CCCCN)C(=O)NC(C(=O)O)C(C)O. The Hall–Kier alpha value is -5.09. The van der Waals surface area contributed by atoms with E-state index < -0.39 is 114 Å². The second-order valence-corrected chi connectivity index (χ2v) is 19.7. The maximum atomic E-state index is 14.5. The van der Waals surface area contributed by atoms with Gasteiger partial charge < -0.3 is 81.4 Å². The van der Waals surface area contributed by atoms with E-state index in [9.17, 15) is 53.4 Å². The Bertz CT molecular complexity index is 1920. The maximum Gasteiger partial charge on any atom is 0.328 e. The van der Waals surface area contributed by atoms with Crippen LogP contribution < -0.4 is 71.2 Å². The average Bonchev–Trinajstić information content (AvgIpc) is 3.37. The molecule has 0 saturated heterocycles. The van der Waals surface area contributed by atoms with E-state index in [1.165, 1.54) is 6.92 Å². The molecule has 426 valence electrons. The van der Waals surface area contributed by atoms with Gasteiger partial charge in [0.05, 0.1) is 12.1 Å². The van der Waals surface area contributed by atoms with Crippen LogP contribution in [0.2, 0.25) is 0 Å². The lowest BCUT2D eigenvalue weighted by atomic mass is 9.99. The van der Waals surface area contributed by atoms with Crippen molar-refractivity contribution in [3.8, 4) is 0 Å². The number of nitrogens with two attached hydrogens (primary N) is 5. The van der Waals surface area contributed by atoms with Crippen LogP contribution in [0.1, 0.15) is 110 Å². The summed E-state index contributed by atoms with van der Waals surface area (Å²) >= 11 is 8.36. The molecule has 0 aromatic heterocycles. The molecular formula is C49H87N13O11S2. The van der Waals surface area contributed by atoms with Gasteiger partial charge >= 0.3 is 5.97 Å². The van der Waals surface area contributed by atoms with Crippen molar-refractivity contribution in [1.82, 2.24) is 42.5 Å². The summed E-state index contributed by atoms with van der Waals surface area (Å²) in [5.41, 5.74) is 29.4. The molecule has 0 aliphatic rings. The highest BCUT2D eigenvalue weighted by Gasteiger charge is 2.35. The van der Waals surface area contributed by atoms with E-state index in [-0.39, 0.29) is 69.0 Å². The summed E-state index contributed by atoms with van der Waals surface area (Å²) in [5, 5.41) is 40.6. The minimum atomic E-state index is -1.68. The molecule has 0 radical (unpaired) electrons. The van der Waals surface area contributed by atoms with Crippen molar-refractivity contribution >= 4 is 78.5 Å². The minimum Gasteiger partial charge on any atom is -0.480 e. The standard InChI is InChI=1S/C49H87N13O11S2/c1-29(2)25-37(59-43(66)34(18-8-12-22-51)56-42(65)33(17-7-11-21-50)55-41(64)32(54)27-74)46(69)60-38(26-31-15-5-4-6-16-31)47(70)57-35(19-9-13-23-52)44(67)61-39(28-75)48(71)58-36(20-10-14-24-53)45(68)62-40(30(3)63)49(72)73/h4-6,15-16,29-30,32-40,63,74-75H,7-14,17-28,50-54H2,1-3H3,(H,55,64)(H,56,65)(H,57,70)(H,58,71)(H,59,66)(H,60,69)(H,61,67)(H,62,68)(H,72,73). The molecule has 24 nitrogen and oxygen atoms in total. The number of carboxylic acids is 1. The Morgan fingerprint density at radius 3 is 1.16 bits per heavy atom. The van der Waals surface area contributed by atoms with Gasteiger partial charge in [0.2, 0.25) is 47.3 Å². The van der Waals surface area contributed by atoms with Crippen molar-refractivity contribution < 1.29 is 53.4 Å². The lowest BCUT2D eigenvalue weighted by Crippen LogP contribution is -2.61. The van der Waals surface area contributed by atoms with Crippen LogP contribution in [0.4, 0.5) is 0 Å². The van der Waals surface area contributed by atoms with E-state index in [4.69, 9.17) is 28.7 Å². The number of amides is 8. The highest BCUT2D eigenvalue weighted by Crippen LogP contribution is 2.13. The molecule has 0 aliphatic carbocycles. The first-order valence-electron chi connectivity index (χ1n) is 25.8. The van der Waals surface area contributed by atoms with Crippen LogP contribution in [0.25, 0.3) is 0 Å². The zero-order valence-electron chi connectivity index (χ0n) is 43.7. The Kier molecular flexibility index (Phi) is 34.8. The lowest BCUT2D eigenvalue weighted by molar-refractivity contribution is -0.145. The smallest absolute Gasteiger partial charge is 0.328 e. The number of aliphatic hydroxyl groups is 1. The van der Waals surface area contributed by atoms with Crippen LogP contribution in [-0.4, -0.2) is 162 Å². The first-order chi connectivity index (χ1) is 35.7. The highest BCUT2D eigenvalue weighted by atomic mass is 32.1. The number of rotatable bonds is 40. The van der Waals surface area contributed by atoms with Crippen LogP contribution in [0.15, 0.2) is 30.3 Å². The molecule has 75 heavy (non-hydrogen) atoms. The van der Waals surface area contributed by atoms with Gasteiger partial charge in [0.25, 0.3) is 0 Å². The monoisotopic (exact) mass is 1100 g/mol. The van der Waals surface area contributed by atoms with Gasteiger partial charge in [-0.1, -0.05) is 44.2 Å². The molecule has 0 bridgehead atoms. The number of thiol groups is 2. The summed E-state index contributed by atoms with van der Waals surface area (Å²) in [4.78, 5) is 122. The predicted octanol–water partition coefficient (Wildman–Crippen LogP) is -2.68. The second-order valence-electron chi connectivity index (χ2n) is 18.9. The zero-order chi connectivity index (χ0) is 56.5. The number of aliphatic hydroxyl groups excluding tert-OH is 1. The van der Waals surface area contributed by atoms with Gasteiger partial charge in [-0.05, 0) is 128 Å². The van der Waals surface area contributed by atoms with E-state index >= 15 is 0 Å². The van der Waals surface area contributed by atoms with Gasteiger partial charge in [0.1, 0.15) is 42.3 Å². The molecule has 0 fully saturated rings. The Balaban J connectivity index is 3.55. The Morgan fingerprint density at radius 1 is 0.467 bits per heavy atom. The van der Waals surface area contributed by atoms with Crippen molar-refractivity contribution in [3.63, 3.8) is 0 Å². The van der Waals surface area contributed by atoms with Gasteiger partial charge in [-0.25, -0.2) is 4.79 Å². The predicted molar refractivity (Wildman–Crippen MR) is 292 cm³/mol. The molecule has 0 aliphatic heterocycles. The zero-order valence-corrected chi connectivity index (χ0v) is 45.5. The molecule has 20 N–H and O–H groups in total. The number of aliphatic carboxylic acids is 1. The number of carbonyl (C=O) groups excluding carboxylic acids is 8. The fraction of sp³-hybridized carbons (Fsp3) is 0.694. The largest absolute Gasteiger partial charge is 0.480 e. The van der Waals surface area contributed by atoms with E-state index in [2.05, 4.69) is 67.8 Å². The summed E-state index contributed by atoms with van der Waals surface area (Å²) < 4.78 is 0. The number of hydrogen-bond acceptors (Lipinski definition) is 17. The van der Waals surface area contributed by atoms with E-state index in [1.54, 1.807) is 30.3 Å².